The maximum atomic E-state index is 5.88. The van der Waals surface area contributed by atoms with Crippen molar-refractivity contribution in [3.63, 3.8) is 0 Å². The number of rotatable bonds is 16. The van der Waals surface area contributed by atoms with Gasteiger partial charge >= 0.3 is 0 Å². The average Bonchev–Trinajstić information content (AvgIpc) is 2.94. The van der Waals surface area contributed by atoms with Crippen LogP contribution in [0.25, 0.3) is 0 Å². The van der Waals surface area contributed by atoms with E-state index in [2.05, 4.69) is 237 Å². The first-order valence-corrected chi connectivity index (χ1v) is 22.9. The summed E-state index contributed by atoms with van der Waals surface area (Å²) >= 11 is 0. The molecular formula is C30H74N16P4. The van der Waals surface area contributed by atoms with Crippen LogP contribution in [-0.2, 0) is 0 Å². The van der Waals surface area contributed by atoms with E-state index < -0.39 is 30.0 Å². The molecule has 1 aromatic carbocycles. The van der Waals surface area contributed by atoms with Gasteiger partial charge in [0.25, 0.3) is 0 Å². The van der Waals surface area contributed by atoms with Crippen LogP contribution in [0.3, 0.4) is 0 Å². The first-order chi connectivity index (χ1) is 22.7. The summed E-state index contributed by atoms with van der Waals surface area (Å²) in [5, 5.41) is 0. The second kappa shape index (κ2) is 18.3. The fraction of sp³-hybridized carbons (Fsp3) is 0.800. The third-order valence-corrected chi connectivity index (χ3v) is 23.3. The van der Waals surface area contributed by atoms with Crippen LogP contribution < -0.4 is 0 Å². The van der Waals surface area contributed by atoms with E-state index in [-0.39, 0.29) is 0 Å². The van der Waals surface area contributed by atoms with Crippen LogP contribution in [0.4, 0.5) is 22.7 Å². The highest BCUT2D eigenvalue weighted by atomic mass is 31.2. The van der Waals surface area contributed by atoms with Gasteiger partial charge in [0, 0.05) is 0 Å². The van der Waals surface area contributed by atoms with Crippen molar-refractivity contribution in [2.75, 3.05) is 169 Å². The maximum Gasteiger partial charge on any atom is 0.171 e. The molecule has 16 nitrogen and oxygen atoms in total. The molecule has 0 unspecified atom stereocenters. The molecule has 1 rings (SSSR count). The Morgan fingerprint density at radius 2 is 0.400 bits per heavy atom. The van der Waals surface area contributed by atoms with E-state index >= 15 is 0 Å². The van der Waals surface area contributed by atoms with Crippen LogP contribution in [0.15, 0.2) is 31.1 Å². The molecule has 0 fully saturated rings. The molecule has 1 aromatic rings. The van der Waals surface area contributed by atoms with Gasteiger partial charge < -0.3 is 0 Å². The third kappa shape index (κ3) is 8.79. The number of hydrogen-bond donors (Lipinski definition) is 0. The minimum atomic E-state index is -2.51. The van der Waals surface area contributed by atoms with Crippen LogP contribution >= 0.6 is 30.0 Å². The smallest absolute Gasteiger partial charge is 0.171 e. The number of nitrogens with zero attached hydrogens (tertiary/aromatic N) is 16. The van der Waals surface area contributed by atoms with E-state index in [1.54, 1.807) is 0 Å². The maximum absolute atomic E-state index is 5.88. The lowest BCUT2D eigenvalue weighted by molar-refractivity contribution is 0.473. The van der Waals surface area contributed by atoms with Crippen molar-refractivity contribution >= 4 is 52.8 Å². The quantitative estimate of drug-likeness (QED) is 0.167. The van der Waals surface area contributed by atoms with E-state index in [4.69, 9.17) is 19.0 Å². The summed E-state index contributed by atoms with van der Waals surface area (Å²) in [5.74, 6) is 0. The predicted octanol–water partition coefficient (Wildman–Crippen LogP) is 6.74. The Morgan fingerprint density at radius 1 is 0.260 bits per heavy atom. The molecule has 0 bridgehead atoms. The van der Waals surface area contributed by atoms with Crippen molar-refractivity contribution in [1.82, 2.24) is 56.0 Å². The molecule has 0 saturated heterocycles. The van der Waals surface area contributed by atoms with Crippen LogP contribution in [0.5, 0.6) is 0 Å². The Kier molecular flexibility index (Phi) is 17.5. The number of hydrogen-bond acceptors (Lipinski definition) is 4. The van der Waals surface area contributed by atoms with Crippen molar-refractivity contribution in [2.45, 2.75) is 0 Å². The van der Waals surface area contributed by atoms with Crippen molar-refractivity contribution in [1.29, 1.82) is 0 Å². The van der Waals surface area contributed by atoms with Gasteiger partial charge in [-0.05, 0) is 181 Å². The fourth-order valence-corrected chi connectivity index (χ4v) is 19.4. The zero-order chi connectivity index (χ0) is 39.5. The molecule has 0 radical (unpaired) electrons. The minimum Gasteiger partial charge on any atom is -0.252 e. The second-order valence-electron chi connectivity index (χ2n) is 14.5. The fourth-order valence-electron chi connectivity index (χ4n) is 6.84. The lowest BCUT2D eigenvalue weighted by atomic mass is 10.2. The summed E-state index contributed by atoms with van der Waals surface area (Å²) in [6.07, 6.45) is 0. The molecule has 0 aliphatic rings. The lowest BCUT2D eigenvalue weighted by Crippen LogP contribution is -2.31. The highest BCUT2D eigenvalue weighted by molar-refractivity contribution is 7.60. The van der Waals surface area contributed by atoms with Crippen molar-refractivity contribution in [3.05, 3.63) is 12.1 Å². The van der Waals surface area contributed by atoms with Gasteiger partial charge in [0.1, 0.15) is 11.4 Å². The molecule has 0 aromatic heterocycles. The topological polar surface area (TPSA) is 88.3 Å². The Hall–Kier alpha value is -0.340. The SMILES string of the molecule is CN(C)P(=Nc1ccc(N=P(N(C)C)(N(C)C)N(C)C)c(N=P(N(C)C)(N(C)C)N(C)C)c1N=P(N(C)C)(N(C)C)N(C)C)(N(C)C)N(C)C. The molecule has 294 valence electrons. The Bertz CT molecular complexity index is 1280. The molecule has 0 aliphatic heterocycles. The largest absolute Gasteiger partial charge is 0.252 e. The van der Waals surface area contributed by atoms with Crippen LogP contribution in [0, 0.1) is 0 Å². The van der Waals surface area contributed by atoms with Crippen LogP contribution in [0.1, 0.15) is 0 Å². The first kappa shape index (κ1) is 47.7. The van der Waals surface area contributed by atoms with Gasteiger partial charge in [-0.2, -0.15) is 0 Å². The van der Waals surface area contributed by atoms with Gasteiger partial charge in [0.05, 0.1) is 11.4 Å². The van der Waals surface area contributed by atoms with Gasteiger partial charge in [0.15, 0.2) is 30.0 Å². The Balaban J connectivity index is 5.39. The zero-order valence-electron chi connectivity index (χ0n) is 36.1. The summed E-state index contributed by atoms with van der Waals surface area (Å²) in [6.45, 7) is 0. The molecule has 0 saturated carbocycles. The molecule has 0 aliphatic carbocycles. The first-order valence-electron chi connectivity index (χ1n) is 16.5. The molecule has 0 amide bonds. The summed E-state index contributed by atoms with van der Waals surface area (Å²) in [5.41, 5.74) is 3.02. The van der Waals surface area contributed by atoms with Gasteiger partial charge in [-0.1, -0.05) is 0 Å². The second-order valence-corrected chi connectivity index (χ2v) is 29.2. The monoisotopic (exact) mass is 783 g/mol. The molecular weight excluding hydrogens is 708 g/mol. The predicted molar refractivity (Wildman–Crippen MR) is 227 cm³/mol. The lowest BCUT2D eigenvalue weighted by Gasteiger charge is -2.43. The molecule has 0 atom stereocenters. The molecule has 0 N–H and O–H groups in total. The Labute approximate surface area is 308 Å². The van der Waals surface area contributed by atoms with Gasteiger partial charge in [0.2, 0.25) is 0 Å². The van der Waals surface area contributed by atoms with Crippen molar-refractivity contribution < 1.29 is 0 Å². The van der Waals surface area contributed by atoms with E-state index in [1.807, 2.05) is 0 Å². The highest BCUT2D eigenvalue weighted by Crippen LogP contribution is 2.67. The average molecular weight is 783 g/mol. The summed E-state index contributed by atoms with van der Waals surface area (Å²) in [6, 6.07) is 4.21. The normalized spacial score (nSPS) is 14.2. The summed E-state index contributed by atoms with van der Waals surface area (Å²) in [4.78, 5) is 0. The summed E-state index contributed by atoms with van der Waals surface area (Å²) < 4.78 is 50.0. The van der Waals surface area contributed by atoms with Crippen molar-refractivity contribution in [3.8, 4) is 0 Å². The van der Waals surface area contributed by atoms with E-state index in [0.717, 1.165) is 22.7 Å². The van der Waals surface area contributed by atoms with E-state index in [0.29, 0.717) is 0 Å². The van der Waals surface area contributed by atoms with Gasteiger partial charge in [-0.3, -0.25) is 56.0 Å². The highest BCUT2D eigenvalue weighted by Gasteiger charge is 2.36. The molecule has 20 heteroatoms. The third-order valence-electron chi connectivity index (χ3n) is 8.50. The number of benzene rings is 1. The van der Waals surface area contributed by atoms with E-state index in [1.165, 1.54) is 0 Å². The van der Waals surface area contributed by atoms with Crippen LogP contribution in [0.2, 0.25) is 0 Å². The van der Waals surface area contributed by atoms with E-state index in [9.17, 15) is 0 Å². The zero-order valence-corrected chi connectivity index (χ0v) is 39.7. The van der Waals surface area contributed by atoms with Crippen LogP contribution in [-0.4, -0.2) is 225 Å². The van der Waals surface area contributed by atoms with Gasteiger partial charge in [-0.25, -0.2) is 19.0 Å². The van der Waals surface area contributed by atoms with Gasteiger partial charge in [-0.15, -0.1) is 0 Å². The van der Waals surface area contributed by atoms with Crippen molar-refractivity contribution in [2.24, 2.45) is 19.0 Å². The Morgan fingerprint density at radius 3 is 0.540 bits per heavy atom. The molecule has 0 heterocycles. The standard InChI is InChI=1S/C30H74N16P4/c1-35(2)47(36(3)4,37(5)6)31-27-25-26-28(32-48(38(7)8,39(9)10)40(11)12)30(34-50(44(19)20,45(21)22)46(23)24)29(27)33-49(41(13)14,42(15)16)43(17)18/h25-26H,1-24H3. The summed E-state index contributed by atoms with van der Waals surface area (Å²) in [7, 11) is 40.7. The molecule has 50 heavy (non-hydrogen) atoms. The minimum absolute atomic E-state index is 0.731. The molecule has 0 spiro atoms.